The maximum absolute atomic E-state index is 13.0. The molecule has 0 atom stereocenters. The number of rotatable bonds is 6. The van der Waals surface area contributed by atoms with Crippen LogP contribution >= 0.6 is 11.6 Å². The fourth-order valence-corrected chi connectivity index (χ4v) is 1.46. The summed E-state index contributed by atoms with van der Waals surface area (Å²) in [5, 5.41) is 3.44. The van der Waals surface area contributed by atoms with Crippen LogP contribution in [-0.2, 0) is 4.74 Å². The number of halogens is 2. The summed E-state index contributed by atoms with van der Waals surface area (Å²) in [5.74, 6) is 0.196. The van der Waals surface area contributed by atoms with Gasteiger partial charge >= 0.3 is 0 Å². The summed E-state index contributed by atoms with van der Waals surface area (Å²) in [6, 6.07) is 4.38. The molecule has 90 valence electrons. The van der Waals surface area contributed by atoms with Crippen molar-refractivity contribution in [3.05, 3.63) is 29.0 Å². The Hall–Kier alpha value is -0.800. The summed E-state index contributed by atoms with van der Waals surface area (Å²) in [4.78, 5) is 0. The molecule has 0 aliphatic rings. The largest absolute Gasteiger partial charge is 0.383 e. The first-order valence-electron chi connectivity index (χ1n) is 5.35. The summed E-state index contributed by atoms with van der Waals surface area (Å²) in [6.07, 6.45) is 0. The Bertz CT molecular complexity index is 311. The van der Waals surface area contributed by atoms with E-state index in [1.807, 2.05) is 0 Å². The quantitative estimate of drug-likeness (QED) is 0.774. The monoisotopic (exact) mass is 245 g/mol. The Balaban J connectivity index is 2.26. The molecule has 0 saturated carbocycles. The Morgan fingerprint density at radius 2 is 2.12 bits per heavy atom. The third-order valence-corrected chi connectivity index (χ3v) is 2.11. The Kier molecular flexibility index (Phi) is 5.56. The molecule has 0 spiro atoms. The molecule has 0 aromatic heterocycles. The second kappa shape index (κ2) is 6.71. The van der Waals surface area contributed by atoms with Crippen molar-refractivity contribution in [2.24, 2.45) is 5.92 Å². The molecule has 0 saturated heterocycles. The van der Waals surface area contributed by atoms with E-state index in [0.29, 0.717) is 29.8 Å². The summed E-state index contributed by atoms with van der Waals surface area (Å²) < 4.78 is 18.3. The van der Waals surface area contributed by atoms with Gasteiger partial charge in [0.15, 0.2) is 0 Å². The molecule has 0 bridgehead atoms. The van der Waals surface area contributed by atoms with Crippen LogP contribution in [-0.4, -0.2) is 19.8 Å². The van der Waals surface area contributed by atoms with Crippen LogP contribution in [0.15, 0.2) is 18.2 Å². The van der Waals surface area contributed by atoms with Crippen LogP contribution in [0.25, 0.3) is 0 Å². The second-order valence-corrected chi connectivity index (χ2v) is 4.49. The predicted molar refractivity (Wildman–Crippen MR) is 65.6 cm³/mol. The number of ether oxygens (including phenoxy) is 1. The van der Waals surface area contributed by atoms with Gasteiger partial charge in [0.25, 0.3) is 0 Å². The molecule has 4 heteroatoms. The highest BCUT2D eigenvalue weighted by Crippen LogP contribution is 2.17. The minimum atomic E-state index is -0.335. The lowest BCUT2D eigenvalue weighted by molar-refractivity contribution is 0.118. The van der Waals surface area contributed by atoms with E-state index in [-0.39, 0.29) is 5.82 Å². The summed E-state index contributed by atoms with van der Waals surface area (Å²) >= 11 is 5.72. The minimum Gasteiger partial charge on any atom is -0.383 e. The molecular formula is C12H17ClFNO. The lowest BCUT2D eigenvalue weighted by Gasteiger charge is -2.09. The molecule has 0 heterocycles. The molecule has 0 unspecified atom stereocenters. The first-order valence-corrected chi connectivity index (χ1v) is 5.73. The van der Waals surface area contributed by atoms with E-state index in [4.69, 9.17) is 16.3 Å². The Labute approximate surface area is 101 Å². The summed E-state index contributed by atoms with van der Waals surface area (Å²) in [6.45, 7) is 6.18. The van der Waals surface area contributed by atoms with Gasteiger partial charge in [-0.3, -0.25) is 0 Å². The predicted octanol–water partition coefficient (Wildman–Crippen LogP) is 3.56. The molecule has 1 aromatic rings. The third kappa shape index (κ3) is 5.33. The van der Waals surface area contributed by atoms with Gasteiger partial charge in [-0.05, 0) is 24.1 Å². The van der Waals surface area contributed by atoms with E-state index in [9.17, 15) is 4.39 Å². The Morgan fingerprint density at radius 1 is 1.38 bits per heavy atom. The van der Waals surface area contributed by atoms with Gasteiger partial charge in [0, 0.05) is 23.9 Å². The van der Waals surface area contributed by atoms with E-state index < -0.39 is 0 Å². The first kappa shape index (κ1) is 13.3. The molecule has 0 radical (unpaired) electrons. The molecule has 1 rings (SSSR count). The maximum Gasteiger partial charge on any atom is 0.126 e. The van der Waals surface area contributed by atoms with Crippen LogP contribution in [0.5, 0.6) is 0 Å². The lowest BCUT2D eigenvalue weighted by atomic mass is 10.2. The molecule has 1 aromatic carbocycles. The third-order valence-electron chi connectivity index (χ3n) is 1.89. The lowest BCUT2D eigenvalue weighted by Crippen LogP contribution is -2.12. The van der Waals surface area contributed by atoms with Crippen LogP contribution in [0.1, 0.15) is 13.8 Å². The number of anilines is 1. The SMILES string of the molecule is CC(C)COCCNc1cc(F)cc(Cl)c1. The maximum atomic E-state index is 13.0. The highest BCUT2D eigenvalue weighted by Gasteiger charge is 1.99. The Morgan fingerprint density at radius 3 is 2.75 bits per heavy atom. The average Bonchev–Trinajstić information content (AvgIpc) is 2.15. The molecule has 2 nitrogen and oxygen atoms in total. The van der Waals surface area contributed by atoms with Gasteiger partial charge in [0.1, 0.15) is 5.82 Å². The molecule has 16 heavy (non-hydrogen) atoms. The standard InChI is InChI=1S/C12H17ClFNO/c1-9(2)8-16-4-3-15-12-6-10(13)5-11(14)7-12/h5-7,9,15H,3-4,8H2,1-2H3. The van der Waals surface area contributed by atoms with Crippen molar-refractivity contribution in [1.82, 2.24) is 0 Å². The molecule has 0 amide bonds. The van der Waals surface area contributed by atoms with Gasteiger partial charge in [-0.25, -0.2) is 4.39 Å². The zero-order valence-electron chi connectivity index (χ0n) is 9.59. The van der Waals surface area contributed by atoms with E-state index in [1.54, 1.807) is 6.07 Å². The van der Waals surface area contributed by atoms with Crippen LogP contribution < -0.4 is 5.32 Å². The normalized spacial score (nSPS) is 10.8. The zero-order chi connectivity index (χ0) is 12.0. The van der Waals surface area contributed by atoms with Gasteiger partial charge in [-0.2, -0.15) is 0 Å². The van der Waals surface area contributed by atoms with E-state index >= 15 is 0 Å². The highest BCUT2D eigenvalue weighted by molar-refractivity contribution is 6.30. The van der Waals surface area contributed by atoms with Crippen molar-refractivity contribution < 1.29 is 9.13 Å². The summed E-state index contributed by atoms with van der Waals surface area (Å²) in [7, 11) is 0. The van der Waals surface area contributed by atoms with Crippen LogP contribution in [0, 0.1) is 11.7 Å². The van der Waals surface area contributed by atoms with E-state index in [1.165, 1.54) is 12.1 Å². The fourth-order valence-electron chi connectivity index (χ4n) is 1.24. The number of benzene rings is 1. The van der Waals surface area contributed by atoms with Crippen molar-refractivity contribution in [2.45, 2.75) is 13.8 Å². The van der Waals surface area contributed by atoms with Crippen molar-refractivity contribution in [2.75, 3.05) is 25.1 Å². The topological polar surface area (TPSA) is 21.3 Å². The van der Waals surface area contributed by atoms with Gasteiger partial charge in [-0.1, -0.05) is 25.4 Å². The van der Waals surface area contributed by atoms with Crippen molar-refractivity contribution in [3.8, 4) is 0 Å². The highest BCUT2D eigenvalue weighted by atomic mass is 35.5. The van der Waals surface area contributed by atoms with Crippen molar-refractivity contribution in [1.29, 1.82) is 0 Å². The first-order chi connectivity index (χ1) is 7.58. The zero-order valence-corrected chi connectivity index (χ0v) is 10.4. The summed E-state index contributed by atoms with van der Waals surface area (Å²) in [5.41, 5.74) is 0.679. The number of hydrogen-bond donors (Lipinski definition) is 1. The molecule has 0 aliphatic heterocycles. The minimum absolute atomic E-state index is 0.335. The second-order valence-electron chi connectivity index (χ2n) is 4.05. The fraction of sp³-hybridized carbons (Fsp3) is 0.500. The molecule has 1 N–H and O–H groups in total. The average molecular weight is 246 g/mol. The van der Waals surface area contributed by atoms with Crippen LogP contribution in [0.4, 0.5) is 10.1 Å². The van der Waals surface area contributed by atoms with Crippen LogP contribution in [0.3, 0.4) is 0 Å². The van der Waals surface area contributed by atoms with Gasteiger partial charge in [0.05, 0.1) is 6.61 Å². The van der Waals surface area contributed by atoms with Gasteiger partial charge in [-0.15, -0.1) is 0 Å². The molecule has 0 aliphatic carbocycles. The van der Waals surface area contributed by atoms with Crippen molar-refractivity contribution in [3.63, 3.8) is 0 Å². The number of hydrogen-bond acceptors (Lipinski definition) is 2. The van der Waals surface area contributed by atoms with Gasteiger partial charge in [0.2, 0.25) is 0 Å². The van der Waals surface area contributed by atoms with Crippen molar-refractivity contribution >= 4 is 17.3 Å². The van der Waals surface area contributed by atoms with Crippen LogP contribution in [0.2, 0.25) is 5.02 Å². The van der Waals surface area contributed by atoms with E-state index in [2.05, 4.69) is 19.2 Å². The van der Waals surface area contributed by atoms with E-state index in [0.717, 1.165) is 6.61 Å². The molecule has 0 fully saturated rings. The number of nitrogens with one attached hydrogen (secondary N) is 1. The molecular weight excluding hydrogens is 229 g/mol. The van der Waals surface area contributed by atoms with Gasteiger partial charge < -0.3 is 10.1 Å². The smallest absolute Gasteiger partial charge is 0.126 e.